The molecular formula is C16H22ClN3. The molecule has 108 valence electrons. The van der Waals surface area contributed by atoms with Gasteiger partial charge in [0, 0.05) is 12.2 Å². The maximum absolute atomic E-state index is 6.12. The summed E-state index contributed by atoms with van der Waals surface area (Å²) in [6.07, 6.45) is 6.77. The molecule has 1 fully saturated rings. The number of halogens is 1. The Labute approximate surface area is 125 Å². The monoisotopic (exact) mass is 291 g/mol. The number of nitrogens with zero attached hydrogens (tertiary/aromatic N) is 3. The van der Waals surface area contributed by atoms with Crippen molar-refractivity contribution < 1.29 is 0 Å². The quantitative estimate of drug-likeness (QED) is 0.756. The first-order valence-corrected chi connectivity index (χ1v) is 7.94. The van der Waals surface area contributed by atoms with Crippen LogP contribution in [0.2, 0.25) is 0 Å². The third-order valence-electron chi connectivity index (χ3n) is 4.65. The lowest BCUT2D eigenvalue weighted by atomic mass is 9.75. The van der Waals surface area contributed by atoms with Crippen molar-refractivity contribution in [2.75, 3.05) is 0 Å². The van der Waals surface area contributed by atoms with Gasteiger partial charge >= 0.3 is 0 Å². The Balaban J connectivity index is 2.04. The normalized spacial score (nSPS) is 19.6. The molecule has 0 unspecified atom stereocenters. The molecule has 2 aromatic rings. The summed E-state index contributed by atoms with van der Waals surface area (Å²) in [7, 11) is 0. The van der Waals surface area contributed by atoms with Crippen LogP contribution < -0.4 is 0 Å². The van der Waals surface area contributed by atoms with Gasteiger partial charge in [0.15, 0.2) is 5.65 Å². The van der Waals surface area contributed by atoms with E-state index in [0.717, 1.165) is 17.0 Å². The van der Waals surface area contributed by atoms with Crippen LogP contribution in [0.15, 0.2) is 12.3 Å². The van der Waals surface area contributed by atoms with Crippen molar-refractivity contribution in [1.29, 1.82) is 0 Å². The Bertz CT molecular complexity index is 620. The maximum atomic E-state index is 6.12. The van der Waals surface area contributed by atoms with Crippen molar-refractivity contribution in [2.24, 2.45) is 5.41 Å². The lowest BCUT2D eigenvalue weighted by Gasteiger charge is -2.35. The number of pyridine rings is 1. The van der Waals surface area contributed by atoms with Gasteiger partial charge in [-0.05, 0) is 49.7 Å². The lowest BCUT2D eigenvalue weighted by molar-refractivity contribution is 0.194. The molecule has 1 aliphatic carbocycles. The Hall–Kier alpha value is -1.09. The van der Waals surface area contributed by atoms with Crippen LogP contribution in [-0.2, 0) is 5.88 Å². The highest BCUT2D eigenvalue weighted by Crippen LogP contribution is 2.41. The van der Waals surface area contributed by atoms with Gasteiger partial charge in [0.25, 0.3) is 0 Å². The fraction of sp³-hybridized carbons (Fsp3) is 0.625. The van der Waals surface area contributed by atoms with E-state index in [1.807, 2.05) is 12.3 Å². The fourth-order valence-electron chi connectivity index (χ4n) is 3.28. The molecule has 4 heteroatoms. The van der Waals surface area contributed by atoms with Crippen LogP contribution in [0.5, 0.6) is 0 Å². The van der Waals surface area contributed by atoms with Crippen LogP contribution in [-0.4, -0.2) is 14.5 Å². The Morgan fingerprint density at radius 1 is 1.35 bits per heavy atom. The van der Waals surface area contributed by atoms with Gasteiger partial charge in [-0.2, -0.15) is 0 Å². The zero-order valence-corrected chi connectivity index (χ0v) is 13.2. The summed E-state index contributed by atoms with van der Waals surface area (Å²) < 4.78 is 2.30. The zero-order chi connectivity index (χ0) is 14.3. The van der Waals surface area contributed by atoms with Gasteiger partial charge < -0.3 is 4.57 Å². The van der Waals surface area contributed by atoms with E-state index in [2.05, 4.69) is 30.3 Å². The lowest BCUT2D eigenvalue weighted by Crippen LogP contribution is -2.24. The van der Waals surface area contributed by atoms with Crippen molar-refractivity contribution in [3.05, 3.63) is 23.7 Å². The molecular weight excluding hydrogens is 270 g/mol. The predicted molar refractivity (Wildman–Crippen MR) is 83.1 cm³/mol. The number of hydrogen-bond acceptors (Lipinski definition) is 2. The molecule has 0 bridgehead atoms. The highest BCUT2D eigenvalue weighted by Gasteiger charge is 2.30. The largest absolute Gasteiger partial charge is 0.309 e. The smallest absolute Gasteiger partial charge is 0.160 e. The molecule has 20 heavy (non-hydrogen) atoms. The van der Waals surface area contributed by atoms with Gasteiger partial charge in [0.05, 0.1) is 5.88 Å². The summed E-state index contributed by atoms with van der Waals surface area (Å²) in [5, 5.41) is 0. The first kappa shape index (κ1) is 13.9. The summed E-state index contributed by atoms with van der Waals surface area (Å²) in [6.45, 7) is 6.81. The SMILES string of the molecule is Cc1ccnc2c1nc(CCl)n2C1CCC(C)(C)CC1. The van der Waals surface area contributed by atoms with Crippen LogP contribution in [0.3, 0.4) is 0 Å². The van der Waals surface area contributed by atoms with Crippen LogP contribution in [0.25, 0.3) is 11.2 Å². The summed E-state index contributed by atoms with van der Waals surface area (Å²) in [4.78, 5) is 9.27. The highest BCUT2D eigenvalue weighted by atomic mass is 35.5. The second-order valence-electron chi connectivity index (χ2n) is 6.73. The van der Waals surface area contributed by atoms with Crippen molar-refractivity contribution in [3.63, 3.8) is 0 Å². The molecule has 0 aromatic carbocycles. The zero-order valence-electron chi connectivity index (χ0n) is 12.5. The molecule has 1 saturated carbocycles. The standard InChI is InChI=1S/C16H22ClN3/c1-11-6-9-18-15-14(11)19-13(10-17)20(15)12-4-7-16(2,3)8-5-12/h6,9,12H,4-5,7-8,10H2,1-3H3. The average molecular weight is 292 g/mol. The van der Waals surface area contributed by atoms with Crippen molar-refractivity contribution in [1.82, 2.24) is 14.5 Å². The second kappa shape index (κ2) is 5.03. The second-order valence-corrected chi connectivity index (χ2v) is 6.99. The summed E-state index contributed by atoms with van der Waals surface area (Å²) >= 11 is 6.12. The molecule has 2 aromatic heterocycles. The molecule has 0 amide bonds. The Morgan fingerprint density at radius 2 is 2.05 bits per heavy atom. The van der Waals surface area contributed by atoms with E-state index >= 15 is 0 Å². The number of aryl methyl sites for hydroxylation is 1. The molecule has 0 spiro atoms. The van der Waals surface area contributed by atoms with Crippen LogP contribution in [0.4, 0.5) is 0 Å². The summed E-state index contributed by atoms with van der Waals surface area (Å²) in [6, 6.07) is 2.51. The molecule has 0 radical (unpaired) electrons. The number of alkyl halides is 1. The minimum absolute atomic E-state index is 0.454. The third kappa shape index (κ3) is 2.32. The number of hydrogen-bond donors (Lipinski definition) is 0. The van der Waals surface area contributed by atoms with Gasteiger partial charge in [-0.1, -0.05) is 13.8 Å². The Kier molecular flexibility index (Phi) is 3.49. The minimum atomic E-state index is 0.454. The van der Waals surface area contributed by atoms with Gasteiger partial charge in [0.1, 0.15) is 11.3 Å². The van der Waals surface area contributed by atoms with Gasteiger partial charge in [-0.25, -0.2) is 9.97 Å². The van der Waals surface area contributed by atoms with E-state index in [4.69, 9.17) is 16.6 Å². The summed E-state index contributed by atoms with van der Waals surface area (Å²) in [5.41, 5.74) is 3.66. The molecule has 0 saturated heterocycles. The molecule has 0 N–H and O–H groups in total. The topological polar surface area (TPSA) is 30.7 Å². The molecule has 3 nitrogen and oxygen atoms in total. The van der Waals surface area contributed by atoms with Gasteiger partial charge in [-0.15, -0.1) is 11.6 Å². The van der Waals surface area contributed by atoms with E-state index in [-0.39, 0.29) is 0 Å². The van der Waals surface area contributed by atoms with Crippen molar-refractivity contribution in [2.45, 2.75) is 58.4 Å². The summed E-state index contributed by atoms with van der Waals surface area (Å²) in [5.74, 6) is 1.42. The van der Waals surface area contributed by atoms with Crippen LogP contribution in [0.1, 0.15) is 57.0 Å². The first-order chi connectivity index (χ1) is 9.52. The maximum Gasteiger partial charge on any atom is 0.160 e. The number of rotatable bonds is 2. The van der Waals surface area contributed by atoms with E-state index < -0.39 is 0 Å². The predicted octanol–water partition coefficient (Wildman–Crippen LogP) is 4.62. The third-order valence-corrected chi connectivity index (χ3v) is 4.89. The number of aromatic nitrogens is 3. The van der Waals surface area contributed by atoms with E-state index in [0.29, 0.717) is 17.3 Å². The van der Waals surface area contributed by atoms with Crippen molar-refractivity contribution >= 4 is 22.8 Å². The minimum Gasteiger partial charge on any atom is -0.309 e. The van der Waals surface area contributed by atoms with E-state index in [9.17, 15) is 0 Å². The van der Waals surface area contributed by atoms with Crippen LogP contribution >= 0.6 is 11.6 Å². The Morgan fingerprint density at radius 3 is 2.70 bits per heavy atom. The first-order valence-electron chi connectivity index (χ1n) is 7.40. The van der Waals surface area contributed by atoms with Crippen molar-refractivity contribution in [3.8, 4) is 0 Å². The highest BCUT2D eigenvalue weighted by molar-refractivity contribution is 6.16. The fourth-order valence-corrected chi connectivity index (χ4v) is 3.46. The van der Waals surface area contributed by atoms with Gasteiger partial charge in [0.2, 0.25) is 0 Å². The average Bonchev–Trinajstić information content (AvgIpc) is 2.79. The van der Waals surface area contributed by atoms with Gasteiger partial charge in [-0.3, -0.25) is 0 Å². The molecule has 3 rings (SSSR count). The van der Waals surface area contributed by atoms with Crippen LogP contribution in [0, 0.1) is 12.3 Å². The molecule has 2 heterocycles. The van der Waals surface area contributed by atoms with E-state index in [1.54, 1.807) is 0 Å². The molecule has 0 atom stereocenters. The number of fused-ring (bicyclic) bond motifs is 1. The molecule has 1 aliphatic rings. The molecule has 0 aliphatic heterocycles. The number of imidazole rings is 1. The van der Waals surface area contributed by atoms with E-state index in [1.165, 1.54) is 31.2 Å².